The number of nitrogens with one attached hydrogen (secondary N) is 1. The van der Waals surface area contributed by atoms with Gasteiger partial charge < -0.3 is 10.4 Å². The maximum atomic E-state index is 11.9. The van der Waals surface area contributed by atoms with Crippen LogP contribution in [0, 0.1) is 12.8 Å². The predicted molar refractivity (Wildman–Crippen MR) is 74.7 cm³/mol. The Labute approximate surface area is 117 Å². The molecular formula is C14H18N4O2. The molecule has 2 N–H and O–H groups in total. The van der Waals surface area contributed by atoms with Crippen molar-refractivity contribution in [1.82, 2.24) is 20.3 Å². The first-order valence-electron chi connectivity index (χ1n) is 6.48. The molecule has 1 aromatic carbocycles. The Morgan fingerprint density at radius 1 is 1.50 bits per heavy atom. The van der Waals surface area contributed by atoms with Crippen molar-refractivity contribution in [1.29, 1.82) is 0 Å². The van der Waals surface area contributed by atoms with Gasteiger partial charge in [-0.25, -0.2) is 4.68 Å². The monoisotopic (exact) mass is 274 g/mol. The Morgan fingerprint density at radius 2 is 2.30 bits per heavy atom. The van der Waals surface area contributed by atoms with Gasteiger partial charge >= 0.3 is 0 Å². The number of benzene rings is 1. The van der Waals surface area contributed by atoms with E-state index in [1.807, 2.05) is 38.1 Å². The number of aryl methyl sites for hydroxylation is 1. The van der Waals surface area contributed by atoms with Crippen LogP contribution in [0.1, 0.15) is 23.0 Å². The highest BCUT2D eigenvalue weighted by Gasteiger charge is 2.12. The summed E-state index contributed by atoms with van der Waals surface area (Å²) < 4.78 is 1.57. The van der Waals surface area contributed by atoms with E-state index in [-0.39, 0.29) is 24.1 Å². The fraction of sp³-hybridized carbons (Fsp3) is 0.357. The highest BCUT2D eigenvalue weighted by atomic mass is 16.3. The van der Waals surface area contributed by atoms with Crippen molar-refractivity contribution >= 4 is 5.91 Å². The molecule has 0 bridgehead atoms. The van der Waals surface area contributed by atoms with Crippen molar-refractivity contribution in [3.8, 4) is 5.69 Å². The fourth-order valence-corrected chi connectivity index (χ4v) is 1.69. The lowest BCUT2D eigenvalue weighted by atomic mass is 10.2. The van der Waals surface area contributed by atoms with Crippen LogP contribution in [-0.4, -0.2) is 39.2 Å². The zero-order valence-corrected chi connectivity index (χ0v) is 11.6. The molecule has 20 heavy (non-hydrogen) atoms. The maximum Gasteiger partial charge on any atom is 0.273 e. The van der Waals surface area contributed by atoms with Crippen LogP contribution < -0.4 is 5.32 Å². The average Bonchev–Trinajstić information content (AvgIpc) is 2.94. The molecule has 1 unspecified atom stereocenters. The summed E-state index contributed by atoms with van der Waals surface area (Å²) in [6.45, 7) is 4.29. The molecule has 0 saturated heterocycles. The Kier molecular flexibility index (Phi) is 4.47. The largest absolute Gasteiger partial charge is 0.396 e. The second-order valence-corrected chi connectivity index (χ2v) is 4.89. The molecular weight excluding hydrogens is 256 g/mol. The van der Waals surface area contributed by atoms with Gasteiger partial charge in [-0.1, -0.05) is 24.3 Å². The van der Waals surface area contributed by atoms with Crippen molar-refractivity contribution in [2.75, 3.05) is 13.2 Å². The summed E-state index contributed by atoms with van der Waals surface area (Å²) in [6, 6.07) is 7.78. The topological polar surface area (TPSA) is 80.0 Å². The molecule has 2 aromatic rings. The third kappa shape index (κ3) is 3.42. The third-order valence-corrected chi connectivity index (χ3v) is 2.91. The number of carbonyl (C=O) groups is 1. The lowest BCUT2D eigenvalue weighted by molar-refractivity contribution is 0.0937. The van der Waals surface area contributed by atoms with Gasteiger partial charge in [0.05, 0.1) is 11.9 Å². The summed E-state index contributed by atoms with van der Waals surface area (Å²) in [5, 5.41) is 19.4. The first-order chi connectivity index (χ1) is 9.60. The predicted octanol–water partition coefficient (Wildman–Crippen LogP) is 0.934. The number of rotatable bonds is 5. The molecule has 106 valence electrons. The molecule has 0 aliphatic carbocycles. The lowest BCUT2D eigenvalue weighted by Crippen LogP contribution is -2.29. The summed E-state index contributed by atoms with van der Waals surface area (Å²) >= 11 is 0. The first-order valence-corrected chi connectivity index (χ1v) is 6.48. The minimum absolute atomic E-state index is 0.0192. The van der Waals surface area contributed by atoms with Gasteiger partial charge in [0.2, 0.25) is 0 Å². The van der Waals surface area contributed by atoms with Crippen LogP contribution in [0.15, 0.2) is 30.5 Å². The molecule has 6 heteroatoms. The van der Waals surface area contributed by atoms with E-state index in [0.29, 0.717) is 6.54 Å². The van der Waals surface area contributed by atoms with Gasteiger partial charge in [0.1, 0.15) is 0 Å². The van der Waals surface area contributed by atoms with Crippen molar-refractivity contribution in [2.24, 2.45) is 5.92 Å². The van der Waals surface area contributed by atoms with Crippen LogP contribution in [0.4, 0.5) is 0 Å². The number of hydrogen-bond donors (Lipinski definition) is 2. The summed E-state index contributed by atoms with van der Waals surface area (Å²) in [4.78, 5) is 11.9. The second kappa shape index (κ2) is 6.29. The van der Waals surface area contributed by atoms with Gasteiger partial charge in [0.15, 0.2) is 5.69 Å². The van der Waals surface area contributed by atoms with Crippen molar-refractivity contribution in [3.05, 3.63) is 41.7 Å². The number of carbonyl (C=O) groups excluding carboxylic acids is 1. The Hall–Kier alpha value is -2.21. The van der Waals surface area contributed by atoms with Gasteiger partial charge in [-0.2, -0.15) is 0 Å². The van der Waals surface area contributed by atoms with Crippen molar-refractivity contribution in [2.45, 2.75) is 13.8 Å². The lowest BCUT2D eigenvalue weighted by Gasteiger charge is -2.07. The van der Waals surface area contributed by atoms with Gasteiger partial charge in [-0.15, -0.1) is 5.10 Å². The number of amides is 1. The van der Waals surface area contributed by atoms with Crippen LogP contribution in [0.5, 0.6) is 0 Å². The molecule has 0 saturated carbocycles. The Morgan fingerprint density at radius 3 is 3.00 bits per heavy atom. The van der Waals surface area contributed by atoms with Gasteiger partial charge in [0.25, 0.3) is 5.91 Å². The molecule has 1 heterocycles. The van der Waals surface area contributed by atoms with Crippen LogP contribution in [0.2, 0.25) is 0 Å². The van der Waals surface area contributed by atoms with Crippen molar-refractivity contribution < 1.29 is 9.90 Å². The number of aliphatic hydroxyl groups is 1. The van der Waals surface area contributed by atoms with Gasteiger partial charge in [-0.05, 0) is 30.5 Å². The smallest absolute Gasteiger partial charge is 0.273 e. The Balaban J connectivity index is 2.07. The second-order valence-electron chi connectivity index (χ2n) is 4.89. The maximum absolute atomic E-state index is 11.9. The molecule has 2 rings (SSSR count). The van der Waals surface area contributed by atoms with E-state index in [4.69, 9.17) is 5.11 Å². The minimum atomic E-state index is -0.288. The minimum Gasteiger partial charge on any atom is -0.396 e. The average molecular weight is 274 g/mol. The molecule has 0 radical (unpaired) electrons. The van der Waals surface area contributed by atoms with E-state index < -0.39 is 0 Å². The number of aliphatic hydroxyl groups excluding tert-OH is 1. The zero-order chi connectivity index (χ0) is 14.5. The molecule has 1 aromatic heterocycles. The highest BCUT2D eigenvalue weighted by molar-refractivity contribution is 5.91. The van der Waals surface area contributed by atoms with Crippen LogP contribution >= 0.6 is 0 Å². The number of aromatic nitrogens is 3. The molecule has 0 aliphatic heterocycles. The van der Waals surface area contributed by atoms with E-state index in [9.17, 15) is 4.79 Å². The molecule has 1 amide bonds. The van der Waals surface area contributed by atoms with E-state index in [2.05, 4.69) is 15.6 Å². The summed E-state index contributed by atoms with van der Waals surface area (Å²) in [6.07, 6.45) is 1.59. The van der Waals surface area contributed by atoms with Crippen LogP contribution in [-0.2, 0) is 0 Å². The van der Waals surface area contributed by atoms with E-state index >= 15 is 0 Å². The van der Waals surface area contributed by atoms with E-state index in [1.165, 1.54) is 0 Å². The number of hydrogen-bond acceptors (Lipinski definition) is 4. The highest BCUT2D eigenvalue weighted by Crippen LogP contribution is 2.09. The zero-order valence-electron chi connectivity index (χ0n) is 11.6. The Bertz CT molecular complexity index is 594. The van der Waals surface area contributed by atoms with Gasteiger partial charge in [-0.3, -0.25) is 4.79 Å². The van der Waals surface area contributed by atoms with E-state index in [1.54, 1.807) is 10.9 Å². The normalized spacial score (nSPS) is 12.2. The summed E-state index contributed by atoms with van der Waals surface area (Å²) in [5.74, 6) is -0.269. The summed E-state index contributed by atoms with van der Waals surface area (Å²) in [7, 11) is 0. The van der Waals surface area contributed by atoms with Crippen molar-refractivity contribution in [3.63, 3.8) is 0 Å². The fourth-order valence-electron chi connectivity index (χ4n) is 1.69. The quantitative estimate of drug-likeness (QED) is 0.850. The van der Waals surface area contributed by atoms with Crippen LogP contribution in [0.25, 0.3) is 5.69 Å². The summed E-state index contributed by atoms with van der Waals surface area (Å²) in [5.41, 5.74) is 2.23. The SMILES string of the molecule is Cc1cccc(-n2cc(C(=O)NCC(C)CO)nn2)c1. The molecule has 0 aliphatic rings. The van der Waals surface area contributed by atoms with Crippen LogP contribution in [0.3, 0.4) is 0 Å². The first kappa shape index (κ1) is 14.2. The molecule has 6 nitrogen and oxygen atoms in total. The molecule has 0 fully saturated rings. The number of nitrogens with zero attached hydrogens (tertiary/aromatic N) is 3. The standard InChI is InChI=1S/C14H18N4O2/c1-10-4-3-5-12(6-10)18-8-13(16-17-18)14(20)15-7-11(2)9-19/h3-6,8,11,19H,7,9H2,1-2H3,(H,15,20). The molecule has 0 spiro atoms. The van der Waals surface area contributed by atoms with E-state index in [0.717, 1.165) is 11.3 Å². The third-order valence-electron chi connectivity index (χ3n) is 2.91. The molecule has 1 atom stereocenters. The van der Waals surface area contributed by atoms with Gasteiger partial charge in [0, 0.05) is 13.2 Å².